The summed E-state index contributed by atoms with van der Waals surface area (Å²) in [5, 5.41) is 9.94. The summed E-state index contributed by atoms with van der Waals surface area (Å²) >= 11 is 0. The van der Waals surface area contributed by atoms with Crippen molar-refractivity contribution in [3.8, 4) is 5.75 Å². The molecule has 3 rings (SSSR count). The Kier molecular flexibility index (Phi) is 4.79. The Morgan fingerprint density at radius 1 is 1.04 bits per heavy atom. The molecule has 3 aromatic rings. The van der Waals surface area contributed by atoms with Gasteiger partial charge in [-0.3, -0.25) is 4.79 Å². The van der Waals surface area contributed by atoms with Crippen LogP contribution in [0.25, 0.3) is 0 Å². The van der Waals surface area contributed by atoms with Gasteiger partial charge in [0.15, 0.2) is 0 Å². The largest absolute Gasteiger partial charge is 0.508 e. The number of halogens is 2. The van der Waals surface area contributed by atoms with Gasteiger partial charge in [-0.25, -0.2) is 8.78 Å². The molecule has 2 aromatic carbocycles. The van der Waals surface area contributed by atoms with Crippen LogP contribution in [0.2, 0.25) is 0 Å². The molecule has 25 heavy (non-hydrogen) atoms. The molecule has 4 nitrogen and oxygen atoms in total. The van der Waals surface area contributed by atoms with E-state index < -0.39 is 17.5 Å². The maximum Gasteiger partial charge on any atom is 0.257 e. The maximum absolute atomic E-state index is 14.0. The van der Waals surface area contributed by atoms with Gasteiger partial charge in [-0.05, 0) is 30.3 Å². The highest BCUT2D eigenvalue weighted by molar-refractivity contribution is 5.94. The van der Waals surface area contributed by atoms with Crippen LogP contribution in [-0.2, 0) is 13.1 Å². The molecule has 6 heteroatoms. The van der Waals surface area contributed by atoms with Crippen molar-refractivity contribution in [3.63, 3.8) is 0 Å². The van der Waals surface area contributed by atoms with E-state index in [4.69, 9.17) is 4.42 Å². The topological polar surface area (TPSA) is 53.7 Å². The van der Waals surface area contributed by atoms with Crippen molar-refractivity contribution in [1.29, 1.82) is 0 Å². The molecule has 0 unspecified atom stereocenters. The fourth-order valence-electron chi connectivity index (χ4n) is 2.47. The van der Waals surface area contributed by atoms with Crippen LogP contribution in [0.15, 0.2) is 65.3 Å². The summed E-state index contributed by atoms with van der Waals surface area (Å²) in [5.74, 6) is -1.79. The predicted octanol–water partition coefficient (Wildman–Crippen LogP) is 4.11. The molecular formula is C19H15F2NO3. The molecule has 0 fully saturated rings. The van der Waals surface area contributed by atoms with E-state index in [2.05, 4.69) is 0 Å². The number of amides is 1. The average Bonchev–Trinajstić information content (AvgIpc) is 3.09. The fraction of sp³-hybridized carbons (Fsp3) is 0.105. The van der Waals surface area contributed by atoms with Gasteiger partial charge in [-0.2, -0.15) is 0 Å². The van der Waals surface area contributed by atoms with Crippen LogP contribution in [0.4, 0.5) is 8.78 Å². The number of carbonyl (C=O) groups excluding carboxylic acids is 1. The van der Waals surface area contributed by atoms with Crippen LogP contribution in [0, 0.1) is 11.6 Å². The Morgan fingerprint density at radius 2 is 1.84 bits per heavy atom. The number of phenols is 1. The molecule has 0 bridgehead atoms. The lowest BCUT2D eigenvalue weighted by Gasteiger charge is -2.22. The number of hydrogen-bond donors (Lipinski definition) is 1. The second-order valence-corrected chi connectivity index (χ2v) is 5.49. The summed E-state index contributed by atoms with van der Waals surface area (Å²) in [5.41, 5.74) is 0.258. The van der Waals surface area contributed by atoms with E-state index in [1.54, 1.807) is 30.3 Å². The Morgan fingerprint density at radius 3 is 2.52 bits per heavy atom. The van der Waals surface area contributed by atoms with Crippen molar-refractivity contribution in [2.75, 3.05) is 0 Å². The van der Waals surface area contributed by atoms with Crippen molar-refractivity contribution in [3.05, 3.63) is 89.4 Å². The van der Waals surface area contributed by atoms with Gasteiger partial charge < -0.3 is 14.4 Å². The molecule has 0 saturated heterocycles. The molecule has 128 valence electrons. The number of benzene rings is 2. The second-order valence-electron chi connectivity index (χ2n) is 5.49. The predicted molar refractivity (Wildman–Crippen MR) is 86.8 cm³/mol. The van der Waals surface area contributed by atoms with E-state index >= 15 is 0 Å². The van der Waals surface area contributed by atoms with Gasteiger partial charge in [0.2, 0.25) is 0 Å². The third-order valence-electron chi connectivity index (χ3n) is 3.73. The molecule has 0 atom stereocenters. The highest BCUT2D eigenvalue weighted by atomic mass is 19.1. The molecular weight excluding hydrogens is 328 g/mol. The Bertz CT molecular complexity index is 878. The van der Waals surface area contributed by atoms with Crippen molar-refractivity contribution in [2.24, 2.45) is 0 Å². The molecule has 0 radical (unpaired) electrons. The summed E-state index contributed by atoms with van der Waals surface area (Å²) < 4.78 is 32.4. The first-order valence-electron chi connectivity index (χ1n) is 7.58. The van der Waals surface area contributed by atoms with Crippen LogP contribution >= 0.6 is 0 Å². The number of aromatic hydroxyl groups is 1. The smallest absolute Gasteiger partial charge is 0.257 e. The average molecular weight is 343 g/mol. The fourth-order valence-corrected chi connectivity index (χ4v) is 2.47. The molecule has 1 amide bonds. The molecule has 0 spiro atoms. The van der Waals surface area contributed by atoms with Gasteiger partial charge in [-0.1, -0.05) is 18.2 Å². The van der Waals surface area contributed by atoms with Crippen molar-refractivity contribution < 1.29 is 23.1 Å². The summed E-state index contributed by atoms with van der Waals surface area (Å²) in [6.07, 6.45) is 1.47. The maximum atomic E-state index is 14.0. The number of rotatable bonds is 5. The van der Waals surface area contributed by atoms with Crippen molar-refractivity contribution in [1.82, 2.24) is 4.90 Å². The third kappa shape index (κ3) is 3.85. The molecule has 0 aliphatic rings. The number of nitrogens with zero attached hydrogens (tertiary/aromatic N) is 1. The first-order valence-corrected chi connectivity index (χ1v) is 7.58. The first-order chi connectivity index (χ1) is 12.0. The van der Waals surface area contributed by atoms with Gasteiger partial charge in [0.25, 0.3) is 5.91 Å². The monoisotopic (exact) mass is 343 g/mol. The van der Waals surface area contributed by atoms with Crippen LogP contribution < -0.4 is 0 Å². The lowest BCUT2D eigenvalue weighted by Crippen LogP contribution is -2.30. The zero-order valence-corrected chi connectivity index (χ0v) is 13.2. The quantitative estimate of drug-likeness (QED) is 0.759. The van der Waals surface area contributed by atoms with Crippen LogP contribution in [0.1, 0.15) is 21.7 Å². The number of phenolic OH excluding ortho intramolecular Hbond substituents is 1. The van der Waals surface area contributed by atoms with Gasteiger partial charge in [-0.15, -0.1) is 0 Å². The molecule has 1 N–H and O–H groups in total. The van der Waals surface area contributed by atoms with Gasteiger partial charge in [0.1, 0.15) is 23.1 Å². The van der Waals surface area contributed by atoms with Crippen molar-refractivity contribution >= 4 is 5.91 Å². The first kappa shape index (κ1) is 16.7. The molecule has 1 heterocycles. The summed E-state index contributed by atoms with van der Waals surface area (Å²) in [7, 11) is 0. The molecule has 0 saturated carbocycles. The molecule has 1 aromatic heterocycles. The van der Waals surface area contributed by atoms with E-state index in [1.807, 2.05) is 0 Å². The summed E-state index contributed by atoms with van der Waals surface area (Å²) in [6.45, 7) is 0.125. The Hall–Kier alpha value is -3.15. The van der Waals surface area contributed by atoms with E-state index in [1.165, 1.54) is 17.2 Å². The van der Waals surface area contributed by atoms with Crippen molar-refractivity contribution in [2.45, 2.75) is 13.1 Å². The van der Waals surface area contributed by atoms with Gasteiger partial charge >= 0.3 is 0 Å². The zero-order chi connectivity index (χ0) is 17.8. The van der Waals surface area contributed by atoms with Gasteiger partial charge in [0, 0.05) is 11.6 Å². The summed E-state index contributed by atoms with van der Waals surface area (Å²) in [6, 6.07) is 12.7. The molecule has 0 aliphatic carbocycles. The van der Waals surface area contributed by atoms with Crippen LogP contribution in [0.3, 0.4) is 0 Å². The number of furan rings is 1. The minimum absolute atomic E-state index is 0.0272. The standard InChI is InChI=1S/C19H15F2NO3/c20-14-7-8-16(17(21)10-14)19(24)22(12-15-5-3-9-25-15)11-13-4-1-2-6-18(13)23/h1-10,23H,11-12H2. The Balaban J connectivity index is 1.92. The minimum Gasteiger partial charge on any atom is -0.508 e. The SMILES string of the molecule is O=C(c1ccc(F)cc1F)N(Cc1ccco1)Cc1ccccc1O. The van der Waals surface area contributed by atoms with E-state index in [9.17, 15) is 18.7 Å². The number of hydrogen-bond acceptors (Lipinski definition) is 3. The van der Waals surface area contributed by atoms with E-state index in [-0.39, 0.29) is 24.4 Å². The lowest BCUT2D eigenvalue weighted by atomic mass is 10.1. The number of para-hydroxylation sites is 1. The minimum atomic E-state index is -0.938. The highest BCUT2D eigenvalue weighted by Gasteiger charge is 2.22. The zero-order valence-electron chi connectivity index (χ0n) is 13.2. The van der Waals surface area contributed by atoms with Crippen LogP contribution in [0.5, 0.6) is 5.75 Å². The normalized spacial score (nSPS) is 10.6. The van der Waals surface area contributed by atoms with Crippen LogP contribution in [-0.4, -0.2) is 15.9 Å². The highest BCUT2D eigenvalue weighted by Crippen LogP contribution is 2.22. The van der Waals surface area contributed by atoms with Gasteiger partial charge in [0.05, 0.1) is 24.9 Å². The molecule has 0 aliphatic heterocycles. The summed E-state index contributed by atoms with van der Waals surface area (Å²) in [4.78, 5) is 14.1. The van der Waals surface area contributed by atoms with E-state index in [0.29, 0.717) is 17.4 Å². The Labute approximate surface area is 142 Å². The second kappa shape index (κ2) is 7.17. The third-order valence-corrected chi connectivity index (χ3v) is 3.73. The number of carbonyl (C=O) groups is 1. The van der Waals surface area contributed by atoms with E-state index in [0.717, 1.165) is 12.1 Å². The lowest BCUT2D eigenvalue weighted by molar-refractivity contribution is 0.0711.